The van der Waals surface area contributed by atoms with Gasteiger partial charge in [0.05, 0.1) is 18.6 Å². The van der Waals surface area contributed by atoms with Gasteiger partial charge in [-0.3, -0.25) is 19.8 Å². The molecule has 6 heteroatoms. The van der Waals surface area contributed by atoms with Crippen molar-refractivity contribution in [3.8, 4) is 0 Å². The molecule has 2 unspecified atom stereocenters. The second-order valence-corrected chi connectivity index (χ2v) is 4.53. The number of rotatable bonds is 3. The minimum absolute atomic E-state index is 0.0309. The molecule has 2 amide bonds. The number of hydrogen-bond acceptors (Lipinski definition) is 4. The zero-order valence-corrected chi connectivity index (χ0v) is 10.6. The van der Waals surface area contributed by atoms with Crippen molar-refractivity contribution in [1.29, 1.82) is 0 Å². The van der Waals surface area contributed by atoms with Crippen molar-refractivity contribution >= 4 is 11.8 Å². The van der Waals surface area contributed by atoms with Crippen LogP contribution < -0.4 is 11.1 Å². The standard InChI is InChI=1S/C13H16FN3O2/c1-8-13(19)16-12(18)7-17(8)11(6-15)9-4-2-3-5-10(9)14/h2-5,8,11H,6-7,15H2,1H3,(H,16,18,19). The molecule has 1 aromatic rings. The van der Waals surface area contributed by atoms with Gasteiger partial charge in [-0.05, 0) is 13.0 Å². The van der Waals surface area contributed by atoms with E-state index >= 15 is 0 Å². The fourth-order valence-corrected chi connectivity index (χ4v) is 2.30. The van der Waals surface area contributed by atoms with E-state index in [1.54, 1.807) is 30.0 Å². The predicted octanol–water partition coefficient (Wildman–Crippen LogP) is 0.172. The lowest BCUT2D eigenvalue weighted by Gasteiger charge is -2.37. The first-order valence-electron chi connectivity index (χ1n) is 6.08. The summed E-state index contributed by atoms with van der Waals surface area (Å²) in [6.45, 7) is 1.83. The molecule has 0 aromatic heterocycles. The zero-order valence-electron chi connectivity index (χ0n) is 10.6. The summed E-state index contributed by atoms with van der Waals surface area (Å²) >= 11 is 0. The summed E-state index contributed by atoms with van der Waals surface area (Å²) in [6.07, 6.45) is 0. The zero-order chi connectivity index (χ0) is 14.0. The van der Waals surface area contributed by atoms with E-state index < -0.39 is 18.0 Å². The van der Waals surface area contributed by atoms with E-state index in [-0.39, 0.29) is 24.8 Å². The Morgan fingerprint density at radius 2 is 2.16 bits per heavy atom. The molecule has 1 aliphatic heterocycles. The molecular formula is C13H16FN3O2. The Hall–Kier alpha value is -1.79. The molecule has 0 bridgehead atoms. The highest BCUT2D eigenvalue weighted by Crippen LogP contribution is 2.25. The van der Waals surface area contributed by atoms with Gasteiger partial charge in [0.25, 0.3) is 0 Å². The summed E-state index contributed by atoms with van der Waals surface area (Å²) in [7, 11) is 0. The van der Waals surface area contributed by atoms with Crippen LogP contribution in [0.5, 0.6) is 0 Å². The number of benzene rings is 1. The van der Waals surface area contributed by atoms with Gasteiger partial charge in [0.2, 0.25) is 11.8 Å². The summed E-state index contributed by atoms with van der Waals surface area (Å²) in [5.41, 5.74) is 6.11. The molecule has 2 rings (SSSR count). The fourth-order valence-electron chi connectivity index (χ4n) is 2.30. The van der Waals surface area contributed by atoms with Crippen LogP contribution in [-0.4, -0.2) is 35.8 Å². The van der Waals surface area contributed by atoms with Crippen molar-refractivity contribution < 1.29 is 14.0 Å². The molecule has 0 spiro atoms. The largest absolute Gasteiger partial charge is 0.329 e. The second-order valence-electron chi connectivity index (χ2n) is 4.53. The first-order chi connectivity index (χ1) is 9.04. The molecule has 1 fully saturated rings. The van der Waals surface area contributed by atoms with E-state index in [1.165, 1.54) is 6.07 Å². The van der Waals surface area contributed by atoms with Gasteiger partial charge in [0.15, 0.2) is 0 Å². The Morgan fingerprint density at radius 1 is 1.47 bits per heavy atom. The summed E-state index contributed by atoms with van der Waals surface area (Å²) in [6, 6.07) is 5.24. The van der Waals surface area contributed by atoms with Gasteiger partial charge in [0, 0.05) is 12.1 Å². The lowest BCUT2D eigenvalue weighted by molar-refractivity contribution is -0.141. The van der Waals surface area contributed by atoms with E-state index in [9.17, 15) is 14.0 Å². The van der Waals surface area contributed by atoms with Gasteiger partial charge < -0.3 is 5.73 Å². The molecule has 1 saturated heterocycles. The Balaban J connectivity index is 2.33. The van der Waals surface area contributed by atoms with Crippen LogP contribution >= 0.6 is 0 Å². The molecule has 0 aliphatic carbocycles. The van der Waals surface area contributed by atoms with E-state index in [0.717, 1.165) is 0 Å². The van der Waals surface area contributed by atoms with Crippen LogP contribution in [0, 0.1) is 5.82 Å². The average Bonchev–Trinajstić information content (AvgIpc) is 2.38. The van der Waals surface area contributed by atoms with Crippen LogP contribution in [0.15, 0.2) is 24.3 Å². The second kappa shape index (κ2) is 5.46. The molecule has 5 nitrogen and oxygen atoms in total. The van der Waals surface area contributed by atoms with E-state index in [0.29, 0.717) is 5.56 Å². The molecule has 1 aliphatic rings. The summed E-state index contributed by atoms with van der Waals surface area (Å²) in [5.74, 6) is -1.16. The highest BCUT2D eigenvalue weighted by Gasteiger charge is 2.35. The van der Waals surface area contributed by atoms with E-state index in [2.05, 4.69) is 5.32 Å². The number of carbonyl (C=O) groups is 2. The van der Waals surface area contributed by atoms with Crippen LogP contribution in [0.4, 0.5) is 4.39 Å². The minimum Gasteiger partial charge on any atom is -0.329 e. The number of nitrogens with zero attached hydrogens (tertiary/aromatic N) is 1. The van der Waals surface area contributed by atoms with Crippen LogP contribution in [-0.2, 0) is 9.59 Å². The third-order valence-corrected chi connectivity index (χ3v) is 3.35. The van der Waals surface area contributed by atoms with Crippen LogP contribution in [0.2, 0.25) is 0 Å². The molecule has 1 aromatic carbocycles. The molecule has 0 saturated carbocycles. The minimum atomic E-state index is -0.522. The number of hydrogen-bond donors (Lipinski definition) is 2. The monoisotopic (exact) mass is 265 g/mol. The number of imide groups is 1. The fraction of sp³-hybridized carbons (Fsp3) is 0.385. The van der Waals surface area contributed by atoms with Crippen molar-refractivity contribution in [3.05, 3.63) is 35.6 Å². The Kier molecular flexibility index (Phi) is 3.92. The third kappa shape index (κ3) is 2.64. The van der Waals surface area contributed by atoms with Crippen molar-refractivity contribution in [2.24, 2.45) is 5.73 Å². The van der Waals surface area contributed by atoms with Crippen molar-refractivity contribution in [2.45, 2.75) is 19.0 Å². The maximum Gasteiger partial charge on any atom is 0.243 e. The van der Waals surface area contributed by atoms with Crippen molar-refractivity contribution in [3.63, 3.8) is 0 Å². The Labute approximate surface area is 110 Å². The first-order valence-corrected chi connectivity index (χ1v) is 6.08. The summed E-state index contributed by atoms with van der Waals surface area (Å²) in [5, 5.41) is 2.25. The normalized spacial score (nSPS) is 22.2. The van der Waals surface area contributed by atoms with Gasteiger partial charge in [-0.1, -0.05) is 18.2 Å². The van der Waals surface area contributed by atoms with Crippen LogP contribution in [0.3, 0.4) is 0 Å². The van der Waals surface area contributed by atoms with Gasteiger partial charge in [-0.2, -0.15) is 0 Å². The van der Waals surface area contributed by atoms with Gasteiger partial charge in [-0.15, -0.1) is 0 Å². The maximum absolute atomic E-state index is 13.8. The lowest BCUT2D eigenvalue weighted by atomic mass is 10.0. The SMILES string of the molecule is CC1C(=O)NC(=O)CN1C(CN)c1ccccc1F. The summed E-state index contributed by atoms with van der Waals surface area (Å²) < 4.78 is 13.8. The smallest absolute Gasteiger partial charge is 0.243 e. The number of halogens is 1. The lowest BCUT2D eigenvalue weighted by Crippen LogP contribution is -2.58. The molecular weight excluding hydrogens is 249 g/mol. The number of carbonyl (C=O) groups excluding carboxylic acids is 2. The average molecular weight is 265 g/mol. The van der Waals surface area contributed by atoms with Gasteiger partial charge >= 0.3 is 0 Å². The van der Waals surface area contributed by atoms with Crippen molar-refractivity contribution in [2.75, 3.05) is 13.1 Å². The molecule has 1 heterocycles. The molecule has 0 radical (unpaired) electrons. The number of nitrogens with two attached hydrogens (primary N) is 1. The molecule has 19 heavy (non-hydrogen) atoms. The summed E-state index contributed by atoms with van der Waals surface area (Å²) in [4.78, 5) is 24.7. The predicted molar refractivity (Wildman–Crippen MR) is 67.5 cm³/mol. The van der Waals surface area contributed by atoms with Gasteiger partial charge in [-0.25, -0.2) is 4.39 Å². The first kappa shape index (κ1) is 13.6. The Morgan fingerprint density at radius 3 is 2.79 bits per heavy atom. The third-order valence-electron chi connectivity index (χ3n) is 3.35. The topological polar surface area (TPSA) is 75.4 Å². The number of amides is 2. The quantitative estimate of drug-likeness (QED) is 0.764. The Bertz CT molecular complexity index is 506. The van der Waals surface area contributed by atoms with E-state index in [1.807, 2.05) is 0 Å². The van der Waals surface area contributed by atoms with Gasteiger partial charge in [0.1, 0.15) is 5.82 Å². The van der Waals surface area contributed by atoms with Crippen molar-refractivity contribution in [1.82, 2.24) is 10.2 Å². The highest BCUT2D eigenvalue weighted by atomic mass is 19.1. The van der Waals surface area contributed by atoms with Crippen LogP contribution in [0.25, 0.3) is 0 Å². The molecule has 3 N–H and O–H groups in total. The maximum atomic E-state index is 13.8. The van der Waals surface area contributed by atoms with Crippen LogP contribution in [0.1, 0.15) is 18.5 Å². The number of piperazine rings is 1. The highest BCUT2D eigenvalue weighted by molar-refractivity contribution is 6.00. The van der Waals surface area contributed by atoms with E-state index in [4.69, 9.17) is 5.73 Å². The molecule has 2 atom stereocenters. The number of nitrogens with one attached hydrogen (secondary N) is 1. The molecule has 102 valence electrons.